The van der Waals surface area contributed by atoms with E-state index in [1.165, 1.54) is 11.1 Å². The van der Waals surface area contributed by atoms with Crippen LogP contribution in [0.2, 0.25) is 0 Å². The summed E-state index contributed by atoms with van der Waals surface area (Å²) in [6.07, 6.45) is -5.06. The van der Waals surface area contributed by atoms with Crippen LogP contribution < -0.4 is 15.1 Å². The minimum Gasteiger partial charge on any atom is -0.461 e. The van der Waals surface area contributed by atoms with Crippen LogP contribution in [0.5, 0.6) is 5.75 Å². The van der Waals surface area contributed by atoms with E-state index in [1.807, 2.05) is 0 Å². The number of hydrogen-bond donors (Lipinski definition) is 1. The van der Waals surface area contributed by atoms with E-state index < -0.39 is 29.5 Å². The molecule has 0 saturated heterocycles. The number of benzene rings is 2. The normalized spacial score (nSPS) is 20.1. The zero-order chi connectivity index (χ0) is 21.5. The molecular weight excluding hydrogens is 403 g/mol. The third-order valence-electron chi connectivity index (χ3n) is 4.81. The topological polar surface area (TPSA) is 80.2 Å². The predicted octanol–water partition coefficient (Wildman–Crippen LogP) is 3.56. The number of hydrogen-bond acceptors (Lipinski definition) is 6. The number of carbonyl (C=O) groups is 2. The Morgan fingerprint density at radius 3 is 2.63 bits per heavy atom. The summed E-state index contributed by atoms with van der Waals surface area (Å²) in [4.78, 5) is 25.5. The van der Waals surface area contributed by atoms with Crippen LogP contribution in [0.25, 0.3) is 0 Å². The highest BCUT2D eigenvalue weighted by Crippen LogP contribution is 2.49. The molecule has 156 valence electrons. The number of fused-ring (bicyclic) bond motifs is 2. The van der Waals surface area contributed by atoms with Gasteiger partial charge < -0.3 is 14.8 Å². The van der Waals surface area contributed by atoms with Crippen molar-refractivity contribution < 1.29 is 32.2 Å². The Hall–Kier alpha value is -3.56. The van der Waals surface area contributed by atoms with E-state index in [-0.39, 0.29) is 24.3 Å². The first kappa shape index (κ1) is 19.7. The Morgan fingerprint density at radius 2 is 1.97 bits per heavy atom. The largest absolute Gasteiger partial charge is 0.573 e. The fraction of sp³-hybridized carbons (Fsp3) is 0.250. The quantitative estimate of drug-likeness (QED) is 0.767. The highest BCUT2D eigenvalue weighted by molar-refractivity contribution is 6.39. The van der Waals surface area contributed by atoms with Gasteiger partial charge in [-0.25, -0.2) is 9.80 Å². The molecule has 2 aromatic carbocycles. The Labute approximate surface area is 169 Å². The van der Waals surface area contributed by atoms with Crippen molar-refractivity contribution in [3.63, 3.8) is 0 Å². The van der Waals surface area contributed by atoms with E-state index in [4.69, 9.17) is 4.74 Å². The van der Waals surface area contributed by atoms with Crippen molar-refractivity contribution >= 4 is 29.0 Å². The SMILES string of the molecule is CCOC(=O)C1=NN(c2ccccc2)[C@@]2(C1)C(=O)Nc1ccc(OC(F)(F)F)cc12. The molecule has 1 N–H and O–H groups in total. The summed E-state index contributed by atoms with van der Waals surface area (Å²) >= 11 is 0. The molecule has 1 spiro atoms. The van der Waals surface area contributed by atoms with Crippen molar-refractivity contribution in [3.8, 4) is 5.75 Å². The fourth-order valence-corrected chi connectivity index (χ4v) is 3.64. The maximum absolute atomic E-state index is 13.1. The first-order valence-electron chi connectivity index (χ1n) is 9.06. The predicted molar refractivity (Wildman–Crippen MR) is 101 cm³/mol. The van der Waals surface area contributed by atoms with Gasteiger partial charge in [0.1, 0.15) is 11.5 Å². The zero-order valence-electron chi connectivity index (χ0n) is 15.7. The van der Waals surface area contributed by atoms with Crippen molar-refractivity contribution in [2.75, 3.05) is 16.9 Å². The lowest BCUT2D eigenvalue weighted by molar-refractivity contribution is -0.274. The van der Waals surface area contributed by atoms with Crippen LogP contribution >= 0.6 is 0 Å². The molecule has 10 heteroatoms. The van der Waals surface area contributed by atoms with Gasteiger partial charge in [-0.15, -0.1) is 13.2 Å². The molecule has 0 bridgehead atoms. The molecule has 0 fully saturated rings. The number of rotatable bonds is 4. The molecule has 0 unspecified atom stereocenters. The zero-order valence-corrected chi connectivity index (χ0v) is 15.7. The average molecular weight is 419 g/mol. The lowest BCUT2D eigenvalue weighted by Gasteiger charge is -2.32. The molecule has 0 aliphatic carbocycles. The van der Waals surface area contributed by atoms with Crippen LogP contribution in [0.4, 0.5) is 24.5 Å². The Kier molecular flexibility index (Phi) is 4.64. The molecule has 1 amide bonds. The number of ether oxygens (including phenoxy) is 2. The van der Waals surface area contributed by atoms with Gasteiger partial charge in [0, 0.05) is 17.7 Å². The van der Waals surface area contributed by atoms with Crippen molar-refractivity contribution in [1.82, 2.24) is 0 Å². The van der Waals surface area contributed by atoms with E-state index >= 15 is 0 Å². The number of alkyl halides is 3. The third-order valence-corrected chi connectivity index (χ3v) is 4.81. The molecule has 2 aliphatic heterocycles. The van der Waals surface area contributed by atoms with Crippen LogP contribution in [-0.4, -0.2) is 30.6 Å². The number of amides is 1. The molecule has 2 aromatic rings. The van der Waals surface area contributed by atoms with E-state index in [2.05, 4.69) is 15.2 Å². The van der Waals surface area contributed by atoms with Crippen LogP contribution in [-0.2, 0) is 19.9 Å². The van der Waals surface area contributed by atoms with Crippen LogP contribution in [0, 0.1) is 0 Å². The van der Waals surface area contributed by atoms with Crippen molar-refractivity contribution in [2.45, 2.75) is 25.2 Å². The third kappa shape index (κ3) is 3.23. The summed E-state index contributed by atoms with van der Waals surface area (Å²) in [5.41, 5.74) is -0.534. The molecule has 4 rings (SSSR count). The maximum Gasteiger partial charge on any atom is 0.573 e. The molecule has 30 heavy (non-hydrogen) atoms. The number of para-hydroxylation sites is 1. The van der Waals surface area contributed by atoms with Crippen molar-refractivity contribution in [3.05, 3.63) is 54.1 Å². The Bertz CT molecular complexity index is 1040. The second-order valence-electron chi connectivity index (χ2n) is 6.66. The fourth-order valence-electron chi connectivity index (χ4n) is 3.64. The maximum atomic E-state index is 13.1. The molecule has 0 aromatic heterocycles. The number of esters is 1. The molecule has 2 aliphatic rings. The summed E-state index contributed by atoms with van der Waals surface area (Å²) in [5.74, 6) is -1.69. The molecule has 2 heterocycles. The summed E-state index contributed by atoms with van der Waals surface area (Å²) < 4.78 is 47.3. The minimum atomic E-state index is -4.89. The highest BCUT2D eigenvalue weighted by atomic mass is 19.4. The van der Waals surface area contributed by atoms with Gasteiger partial charge in [0.05, 0.1) is 12.3 Å². The lowest BCUT2D eigenvalue weighted by atomic mass is 9.86. The molecule has 0 radical (unpaired) electrons. The first-order chi connectivity index (χ1) is 14.2. The first-order valence-corrected chi connectivity index (χ1v) is 9.06. The van der Waals surface area contributed by atoms with Gasteiger partial charge in [-0.2, -0.15) is 5.10 Å². The average Bonchev–Trinajstić information content (AvgIpc) is 3.22. The van der Waals surface area contributed by atoms with E-state index in [0.717, 1.165) is 12.1 Å². The molecular formula is C20H16F3N3O4. The highest BCUT2D eigenvalue weighted by Gasteiger charge is 2.57. The Morgan fingerprint density at radius 1 is 1.23 bits per heavy atom. The van der Waals surface area contributed by atoms with Gasteiger partial charge in [-0.3, -0.25) is 4.79 Å². The van der Waals surface area contributed by atoms with Crippen molar-refractivity contribution in [1.29, 1.82) is 0 Å². The summed E-state index contributed by atoms with van der Waals surface area (Å²) in [7, 11) is 0. The second kappa shape index (κ2) is 7.05. The van der Waals surface area contributed by atoms with Gasteiger partial charge in [0.2, 0.25) is 0 Å². The minimum absolute atomic E-state index is 0.00848. The number of hydrazone groups is 1. The number of anilines is 2. The van der Waals surface area contributed by atoms with Gasteiger partial charge in [0.15, 0.2) is 5.54 Å². The second-order valence-corrected chi connectivity index (χ2v) is 6.66. The Balaban J connectivity index is 1.85. The van der Waals surface area contributed by atoms with Gasteiger partial charge in [0.25, 0.3) is 5.91 Å². The monoisotopic (exact) mass is 419 g/mol. The standard InChI is InChI=1S/C20H16F3N3O4/c1-2-29-17(27)16-11-19(26(25-16)12-6-4-3-5-7-12)14-10-13(30-20(21,22)23)8-9-15(14)24-18(19)28/h3-10H,2,11H2,1H3,(H,24,28)/t19-/m1/s1. The van der Waals surface area contributed by atoms with Crippen LogP contribution in [0.1, 0.15) is 18.9 Å². The molecule has 0 saturated carbocycles. The number of nitrogens with one attached hydrogen (secondary N) is 1. The summed E-state index contributed by atoms with van der Waals surface area (Å²) in [5, 5.41) is 8.33. The van der Waals surface area contributed by atoms with E-state index in [1.54, 1.807) is 37.3 Å². The van der Waals surface area contributed by atoms with Crippen LogP contribution in [0.15, 0.2) is 53.6 Å². The number of nitrogens with zero attached hydrogens (tertiary/aromatic N) is 2. The van der Waals surface area contributed by atoms with Gasteiger partial charge in [-0.05, 0) is 37.3 Å². The smallest absolute Gasteiger partial charge is 0.461 e. The van der Waals surface area contributed by atoms with Gasteiger partial charge in [-0.1, -0.05) is 18.2 Å². The summed E-state index contributed by atoms with van der Waals surface area (Å²) in [6.45, 7) is 1.75. The lowest BCUT2D eigenvalue weighted by Crippen LogP contribution is -2.46. The van der Waals surface area contributed by atoms with Gasteiger partial charge >= 0.3 is 12.3 Å². The number of halogens is 3. The number of carbonyl (C=O) groups excluding carboxylic acids is 2. The van der Waals surface area contributed by atoms with Crippen molar-refractivity contribution in [2.24, 2.45) is 5.10 Å². The summed E-state index contributed by atoms with van der Waals surface area (Å²) in [6, 6.07) is 12.1. The van der Waals surface area contributed by atoms with E-state index in [0.29, 0.717) is 11.4 Å². The van der Waals surface area contributed by atoms with Crippen LogP contribution in [0.3, 0.4) is 0 Å². The molecule has 7 nitrogen and oxygen atoms in total. The molecule has 1 atom stereocenters. The van der Waals surface area contributed by atoms with E-state index in [9.17, 15) is 22.8 Å².